The van der Waals surface area contributed by atoms with E-state index in [0.29, 0.717) is 23.6 Å². The van der Waals surface area contributed by atoms with E-state index in [2.05, 4.69) is 20.2 Å². The molecule has 1 aliphatic rings. The number of benzene rings is 1. The molecule has 1 aromatic heterocycles. The summed E-state index contributed by atoms with van der Waals surface area (Å²) in [5.41, 5.74) is 0.382. The van der Waals surface area contributed by atoms with Crippen LogP contribution in [-0.2, 0) is 14.8 Å². The van der Waals surface area contributed by atoms with Crippen LogP contribution in [0.5, 0.6) is 5.75 Å². The summed E-state index contributed by atoms with van der Waals surface area (Å²) in [7, 11) is -2.37. The van der Waals surface area contributed by atoms with Crippen molar-refractivity contribution >= 4 is 26.9 Å². The van der Waals surface area contributed by atoms with E-state index >= 15 is 0 Å². The maximum absolute atomic E-state index is 12.5. The summed E-state index contributed by atoms with van der Waals surface area (Å²) >= 11 is 1.13. The Morgan fingerprint density at radius 2 is 2.26 bits per heavy atom. The maximum atomic E-state index is 12.5. The van der Waals surface area contributed by atoms with Crippen molar-refractivity contribution in [3.63, 3.8) is 0 Å². The van der Waals surface area contributed by atoms with E-state index < -0.39 is 16.1 Å². The number of sulfonamides is 1. The van der Waals surface area contributed by atoms with Crippen molar-refractivity contribution in [1.82, 2.24) is 24.9 Å². The fourth-order valence-electron chi connectivity index (χ4n) is 2.15. The molecule has 1 atom stereocenters. The largest absolute Gasteiger partial charge is 0.494 e. The molecule has 0 radical (unpaired) electrons. The second-order valence-corrected chi connectivity index (χ2v) is 7.53. The van der Waals surface area contributed by atoms with Gasteiger partial charge in [-0.2, -0.15) is 9.40 Å². The van der Waals surface area contributed by atoms with Crippen molar-refractivity contribution in [1.29, 1.82) is 0 Å². The number of methoxy groups -OCH3 is 1. The maximum Gasteiger partial charge on any atom is 0.241 e. The van der Waals surface area contributed by atoms with Crippen molar-refractivity contribution in [2.75, 3.05) is 12.9 Å². The highest BCUT2D eigenvalue weighted by Gasteiger charge is 2.30. The minimum absolute atomic E-state index is 0.00787. The molecule has 0 spiro atoms. The molecule has 2 heterocycles. The highest BCUT2D eigenvalue weighted by molar-refractivity contribution is 8.14. The standard InChI is InChI=1S/C12H13N5O4S2/c1-21-11-3-2-8(6-10(11)17-7-13-15-16-17)23(19,20)14-9-4-5-22-12(9)18/h2-3,6-7,9,14H,4-5H2,1H3/t9-/m0/s1. The summed E-state index contributed by atoms with van der Waals surface area (Å²) in [5.74, 6) is 1.04. The van der Waals surface area contributed by atoms with Gasteiger partial charge in [0.05, 0.1) is 18.0 Å². The molecule has 9 nitrogen and oxygen atoms in total. The molecular weight excluding hydrogens is 342 g/mol. The van der Waals surface area contributed by atoms with Crippen LogP contribution in [0.25, 0.3) is 5.69 Å². The van der Waals surface area contributed by atoms with Gasteiger partial charge in [0, 0.05) is 5.75 Å². The number of aromatic nitrogens is 4. The molecule has 1 aliphatic heterocycles. The number of ether oxygens (including phenoxy) is 1. The van der Waals surface area contributed by atoms with Crippen LogP contribution in [0.15, 0.2) is 29.4 Å². The number of hydrogen-bond acceptors (Lipinski definition) is 8. The molecule has 0 unspecified atom stereocenters. The van der Waals surface area contributed by atoms with Gasteiger partial charge in [0.1, 0.15) is 17.8 Å². The van der Waals surface area contributed by atoms with Gasteiger partial charge in [0.2, 0.25) is 15.1 Å². The third kappa shape index (κ3) is 3.21. The number of nitrogens with one attached hydrogen (secondary N) is 1. The lowest BCUT2D eigenvalue weighted by molar-refractivity contribution is -0.111. The van der Waals surface area contributed by atoms with Crippen LogP contribution in [0.1, 0.15) is 6.42 Å². The van der Waals surface area contributed by atoms with E-state index in [4.69, 9.17) is 4.74 Å². The molecule has 1 saturated heterocycles. The lowest BCUT2D eigenvalue weighted by Gasteiger charge is -2.13. The Morgan fingerprint density at radius 3 is 2.87 bits per heavy atom. The summed E-state index contributed by atoms with van der Waals surface area (Å²) in [6, 6.07) is 3.62. The number of hydrogen-bond donors (Lipinski definition) is 1. The predicted octanol–water partition coefficient (Wildman–Crippen LogP) is -0.0187. The van der Waals surface area contributed by atoms with Crippen LogP contribution < -0.4 is 9.46 Å². The molecule has 0 saturated carbocycles. The third-order valence-electron chi connectivity index (χ3n) is 3.29. The van der Waals surface area contributed by atoms with Gasteiger partial charge in [-0.15, -0.1) is 5.10 Å². The predicted molar refractivity (Wildman–Crippen MR) is 81.9 cm³/mol. The van der Waals surface area contributed by atoms with Crippen molar-refractivity contribution in [2.45, 2.75) is 17.4 Å². The zero-order valence-corrected chi connectivity index (χ0v) is 13.7. The van der Waals surface area contributed by atoms with Crippen LogP contribution in [-0.4, -0.2) is 52.6 Å². The van der Waals surface area contributed by atoms with Crippen LogP contribution >= 0.6 is 11.8 Å². The highest BCUT2D eigenvalue weighted by atomic mass is 32.2. The molecule has 122 valence electrons. The quantitative estimate of drug-likeness (QED) is 0.795. The first-order chi connectivity index (χ1) is 11.0. The second kappa shape index (κ2) is 6.26. The Morgan fingerprint density at radius 1 is 1.43 bits per heavy atom. The Hall–Kier alpha value is -1.98. The van der Waals surface area contributed by atoms with E-state index in [1.54, 1.807) is 0 Å². The third-order valence-corrected chi connectivity index (χ3v) is 5.77. The van der Waals surface area contributed by atoms with Gasteiger partial charge in [-0.25, -0.2) is 8.42 Å². The Labute approximate surface area is 136 Å². The van der Waals surface area contributed by atoms with Gasteiger partial charge in [-0.1, -0.05) is 11.8 Å². The zero-order valence-electron chi connectivity index (χ0n) is 12.0. The first-order valence-electron chi connectivity index (χ1n) is 6.61. The second-order valence-electron chi connectivity index (χ2n) is 4.72. The minimum atomic E-state index is -3.84. The van der Waals surface area contributed by atoms with E-state index in [1.807, 2.05) is 0 Å². The number of carbonyl (C=O) groups is 1. The average molecular weight is 355 g/mol. The molecule has 1 N–H and O–H groups in total. The van der Waals surface area contributed by atoms with Gasteiger partial charge < -0.3 is 4.74 Å². The van der Waals surface area contributed by atoms with Crippen LogP contribution in [0.2, 0.25) is 0 Å². The molecule has 3 rings (SSSR count). The fraction of sp³-hybridized carbons (Fsp3) is 0.333. The summed E-state index contributed by atoms with van der Waals surface area (Å²) in [4.78, 5) is 11.6. The monoisotopic (exact) mass is 355 g/mol. The zero-order chi connectivity index (χ0) is 16.4. The van der Waals surface area contributed by atoms with E-state index in [0.717, 1.165) is 11.8 Å². The van der Waals surface area contributed by atoms with Crippen LogP contribution in [0, 0.1) is 0 Å². The molecule has 0 aliphatic carbocycles. The Kier molecular flexibility index (Phi) is 4.33. The fourth-order valence-corrected chi connectivity index (χ4v) is 4.40. The lowest BCUT2D eigenvalue weighted by Crippen LogP contribution is -2.37. The average Bonchev–Trinajstić information content (AvgIpc) is 3.19. The number of tetrazole rings is 1. The van der Waals surface area contributed by atoms with Gasteiger partial charge in [-0.05, 0) is 35.0 Å². The van der Waals surface area contributed by atoms with Gasteiger partial charge in [0.25, 0.3) is 0 Å². The number of thioether (sulfide) groups is 1. The van der Waals surface area contributed by atoms with Crippen LogP contribution in [0.3, 0.4) is 0 Å². The molecule has 23 heavy (non-hydrogen) atoms. The SMILES string of the molecule is COc1ccc(S(=O)(=O)N[C@H]2CCSC2=O)cc1-n1cnnn1. The van der Waals surface area contributed by atoms with Crippen molar-refractivity contribution in [3.8, 4) is 11.4 Å². The normalized spacial score (nSPS) is 18.3. The topological polar surface area (TPSA) is 116 Å². The van der Waals surface area contributed by atoms with Crippen molar-refractivity contribution in [3.05, 3.63) is 24.5 Å². The molecule has 0 bridgehead atoms. The molecule has 0 amide bonds. The van der Waals surface area contributed by atoms with Crippen molar-refractivity contribution < 1.29 is 17.9 Å². The van der Waals surface area contributed by atoms with Gasteiger partial charge >= 0.3 is 0 Å². The van der Waals surface area contributed by atoms with Crippen LogP contribution in [0.4, 0.5) is 0 Å². The highest BCUT2D eigenvalue weighted by Crippen LogP contribution is 2.26. The first kappa shape index (κ1) is 15.9. The summed E-state index contributed by atoms with van der Waals surface area (Å²) in [6.07, 6.45) is 1.82. The lowest BCUT2D eigenvalue weighted by atomic mass is 10.3. The molecule has 2 aromatic rings. The summed E-state index contributed by atoms with van der Waals surface area (Å²) in [6.45, 7) is 0. The molecule has 11 heteroatoms. The summed E-state index contributed by atoms with van der Waals surface area (Å²) < 4.78 is 33.9. The number of carbonyl (C=O) groups excluding carboxylic acids is 1. The summed E-state index contributed by atoms with van der Waals surface area (Å²) in [5, 5.41) is 10.6. The first-order valence-corrected chi connectivity index (χ1v) is 9.08. The molecular formula is C12H13N5O4S2. The Balaban J connectivity index is 1.96. The Bertz CT molecular complexity index is 822. The number of rotatable bonds is 5. The smallest absolute Gasteiger partial charge is 0.241 e. The van der Waals surface area contributed by atoms with Gasteiger partial charge in [0.15, 0.2) is 0 Å². The van der Waals surface area contributed by atoms with Gasteiger partial charge in [-0.3, -0.25) is 4.79 Å². The molecule has 1 fully saturated rings. The van der Waals surface area contributed by atoms with E-state index in [-0.39, 0.29) is 10.0 Å². The van der Waals surface area contributed by atoms with E-state index in [9.17, 15) is 13.2 Å². The van der Waals surface area contributed by atoms with Crippen molar-refractivity contribution in [2.24, 2.45) is 0 Å². The number of nitrogens with zero attached hydrogens (tertiary/aromatic N) is 4. The molecule has 1 aromatic carbocycles. The van der Waals surface area contributed by atoms with E-state index in [1.165, 1.54) is 36.3 Å². The minimum Gasteiger partial charge on any atom is -0.494 e.